The number of thiazole rings is 1. The number of aromatic nitrogens is 1. The number of phenols is 1. The van der Waals surface area contributed by atoms with Crippen molar-refractivity contribution in [3.63, 3.8) is 0 Å². The van der Waals surface area contributed by atoms with Gasteiger partial charge in [0.05, 0.1) is 17.4 Å². The number of anilines is 1. The lowest BCUT2D eigenvalue weighted by atomic mass is 10.2. The minimum absolute atomic E-state index is 0.112. The van der Waals surface area contributed by atoms with E-state index in [9.17, 15) is 22.7 Å². The number of aromatic carboxylic acids is 1. The zero-order valence-corrected chi connectivity index (χ0v) is 14.5. The van der Waals surface area contributed by atoms with E-state index in [4.69, 9.17) is 5.11 Å². The first-order valence-corrected chi connectivity index (χ1v) is 9.37. The van der Waals surface area contributed by atoms with E-state index >= 15 is 0 Å². The van der Waals surface area contributed by atoms with Crippen LogP contribution < -0.4 is 4.72 Å². The number of hydrogen-bond acceptors (Lipinski definition) is 6. The Kier molecular flexibility index (Phi) is 4.62. The van der Waals surface area contributed by atoms with Gasteiger partial charge in [-0.05, 0) is 42.5 Å². The molecule has 0 atom stereocenters. The molecule has 1 aromatic heterocycles. The summed E-state index contributed by atoms with van der Waals surface area (Å²) in [7, 11) is -4.04. The fourth-order valence-corrected chi connectivity index (χ4v) is 4.27. The topological polar surface area (TPSA) is 117 Å². The van der Waals surface area contributed by atoms with Crippen LogP contribution in [0, 0.1) is 5.82 Å². The molecule has 0 saturated heterocycles. The molecule has 2 aromatic carbocycles. The fraction of sp³-hybridized carbons (Fsp3) is 0. The zero-order chi connectivity index (χ0) is 18.9. The number of carbonyl (C=O) groups is 1. The summed E-state index contributed by atoms with van der Waals surface area (Å²) in [6.07, 6.45) is 1.15. The van der Waals surface area contributed by atoms with Gasteiger partial charge in [0.15, 0.2) is 4.21 Å². The molecule has 0 aliphatic carbocycles. The van der Waals surface area contributed by atoms with Crippen molar-refractivity contribution in [2.45, 2.75) is 4.21 Å². The first-order chi connectivity index (χ1) is 12.3. The number of aromatic hydroxyl groups is 1. The van der Waals surface area contributed by atoms with Gasteiger partial charge in [-0.15, -0.1) is 11.3 Å². The molecular weight excluding hydrogens is 383 g/mol. The lowest BCUT2D eigenvalue weighted by Gasteiger charge is -2.08. The number of rotatable bonds is 5. The summed E-state index contributed by atoms with van der Waals surface area (Å²) in [6, 6.07) is 8.70. The van der Waals surface area contributed by atoms with Gasteiger partial charge in [0.2, 0.25) is 0 Å². The Bertz CT molecular complexity index is 1080. The average molecular weight is 394 g/mol. The van der Waals surface area contributed by atoms with Gasteiger partial charge in [0, 0.05) is 5.56 Å². The van der Waals surface area contributed by atoms with Crippen LogP contribution in [0.25, 0.3) is 10.6 Å². The van der Waals surface area contributed by atoms with Gasteiger partial charge in [-0.2, -0.15) is 0 Å². The van der Waals surface area contributed by atoms with Crippen LogP contribution in [0.1, 0.15) is 10.4 Å². The van der Waals surface area contributed by atoms with E-state index in [1.807, 2.05) is 0 Å². The van der Waals surface area contributed by atoms with Gasteiger partial charge >= 0.3 is 5.97 Å². The Hall–Kier alpha value is -2.98. The number of nitrogens with zero attached hydrogens (tertiary/aromatic N) is 1. The SMILES string of the molecule is O=C(O)c1ccc(NS(=O)(=O)c2cnc(-c3ccc(F)cc3)s2)c(O)c1. The van der Waals surface area contributed by atoms with Crippen LogP contribution >= 0.6 is 11.3 Å². The number of hydrogen-bond donors (Lipinski definition) is 3. The molecule has 1 heterocycles. The van der Waals surface area contributed by atoms with Gasteiger partial charge in [-0.25, -0.2) is 22.6 Å². The molecule has 0 spiro atoms. The van der Waals surface area contributed by atoms with Gasteiger partial charge < -0.3 is 10.2 Å². The Labute approximate surface area is 151 Å². The highest BCUT2D eigenvalue weighted by Gasteiger charge is 2.20. The van der Waals surface area contributed by atoms with E-state index in [0.717, 1.165) is 35.7 Å². The summed E-state index contributed by atoms with van der Waals surface area (Å²) < 4.78 is 39.9. The second kappa shape index (κ2) is 6.73. The van der Waals surface area contributed by atoms with Crippen molar-refractivity contribution in [2.75, 3.05) is 4.72 Å². The summed E-state index contributed by atoms with van der Waals surface area (Å²) >= 11 is 0.872. The Morgan fingerprint density at radius 1 is 1.15 bits per heavy atom. The minimum Gasteiger partial charge on any atom is -0.506 e. The van der Waals surface area contributed by atoms with Crippen molar-refractivity contribution < 1.29 is 27.8 Å². The van der Waals surface area contributed by atoms with Crippen LogP contribution in [0.3, 0.4) is 0 Å². The van der Waals surface area contributed by atoms with Crippen LogP contribution in [-0.2, 0) is 10.0 Å². The lowest BCUT2D eigenvalue weighted by Crippen LogP contribution is -2.12. The van der Waals surface area contributed by atoms with Crippen LogP contribution in [0.15, 0.2) is 52.9 Å². The van der Waals surface area contributed by atoms with E-state index in [0.29, 0.717) is 10.6 Å². The average Bonchev–Trinajstić information content (AvgIpc) is 3.08. The normalized spacial score (nSPS) is 11.3. The van der Waals surface area contributed by atoms with Crippen molar-refractivity contribution >= 4 is 33.0 Å². The fourth-order valence-electron chi connectivity index (χ4n) is 2.06. The summed E-state index contributed by atoms with van der Waals surface area (Å²) in [4.78, 5) is 14.9. The number of benzene rings is 2. The first kappa shape index (κ1) is 17.8. The van der Waals surface area contributed by atoms with Gasteiger partial charge in [-0.3, -0.25) is 4.72 Å². The highest BCUT2D eigenvalue weighted by atomic mass is 32.2. The molecule has 7 nitrogen and oxygen atoms in total. The third-order valence-electron chi connectivity index (χ3n) is 3.33. The molecule has 0 fully saturated rings. The van der Waals surface area contributed by atoms with Crippen LogP contribution in [0.2, 0.25) is 0 Å². The molecule has 0 aliphatic heterocycles. The van der Waals surface area contributed by atoms with E-state index in [2.05, 4.69) is 9.71 Å². The maximum Gasteiger partial charge on any atom is 0.335 e. The van der Waals surface area contributed by atoms with E-state index in [-0.39, 0.29) is 15.5 Å². The third-order valence-corrected chi connectivity index (χ3v) is 6.20. The minimum atomic E-state index is -4.04. The van der Waals surface area contributed by atoms with Crippen LogP contribution in [0.5, 0.6) is 5.75 Å². The molecule has 3 N–H and O–H groups in total. The molecular formula is C16H11FN2O5S2. The monoisotopic (exact) mass is 394 g/mol. The highest BCUT2D eigenvalue weighted by Crippen LogP contribution is 2.31. The Morgan fingerprint density at radius 3 is 2.46 bits per heavy atom. The van der Waals surface area contributed by atoms with E-state index in [1.54, 1.807) is 0 Å². The van der Waals surface area contributed by atoms with Crippen LogP contribution in [0.4, 0.5) is 10.1 Å². The third kappa shape index (κ3) is 3.65. The Balaban J connectivity index is 1.87. The number of nitrogens with one attached hydrogen (secondary N) is 1. The molecule has 3 aromatic rings. The van der Waals surface area contributed by atoms with Gasteiger partial charge in [-0.1, -0.05) is 0 Å². The molecule has 10 heteroatoms. The summed E-state index contributed by atoms with van der Waals surface area (Å²) in [5, 5.41) is 19.1. The second-order valence-electron chi connectivity index (χ2n) is 5.13. The largest absolute Gasteiger partial charge is 0.506 e. The van der Waals surface area contributed by atoms with E-state index in [1.165, 1.54) is 24.3 Å². The van der Waals surface area contributed by atoms with Gasteiger partial charge in [0.1, 0.15) is 16.6 Å². The molecule has 0 aliphatic rings. The summed E-state index contributed by atoms with van der Waals surface area (Å²) in [5.41, 5.74) is 0.222. The van der Waals surface area contributed by atoms with Crippen molar-refractivity contribution in [1.82, 2.24) is 4.98 Å². The summed E-state index contributed by atoms with van der Waals surface area (Å²) in [6.45, 7) is 0. The van der Waals surface area contributed by atoms with Crippen molar-refractivity contribution in [3.8, 4) is 16.3 Å². The number of sulfonamides is 1. The van der Waals surface area contributed by atoms with Crippen molar-refractivity contribution in [3.05, 3.63) is 60.0 Å². The molecule has 0 saturated carbocycles. The standard InChI is InChI=1S/C16H11FN2O5S2/c17-11-4-1-9(2-5-11)15-18-8-14(25-15)26(23,24)19-12-6-3-10(16(21)22)7-13(12)20/h1-8,19-20H,(H,21,22). The predicted molar refractivity (Wildman–Crippen MR) is 93.4 cm³/mol. The summed E-state index contributed by atoms with van der Waals surface area (Å²) in [5.74, 6) is -2.18. The molecule has 3 rings (SSSR count). The number of halogens is 1. The maximum absolute atomic E-state index is 13.0. The van der Waals surface area contributed by atoms with Crippen molar-refractivity contribution in [1.29, 1.82) is 0 Å². The number of phenolic OH excluding ortho intramolecular Hbond substituents is 1. The Morgan fingerprint density at radius 2 is 1.85 bits per heavy atom. The highest BCUT2D eigenvalue weighted by molar-refractivity contribution is 7.94. The van der Waals surface area contributed by atoms with Gasteiger partial charge in [0.25, 0.3) is 10.0 Å². The van der Waals surface area contributed by atoms with E-state index < -0.39 is 27.6 Å². The molecule has 134 valence electrons. The van der Waals surface area contributed by atoms with Crippen molar-refractivity contribution in [2.24, 2.45) is 0 Å². The number of carboxylic acid groups (broad SMARTS) is 1. The molecule has 0 unspecified atom stereocenters. The quantitative estimate of drug-likeness (QED) is 0.573. The maximum atomic E-state index is 13.0. The zero-order valence-electron chi connectivity index (χ0n) is 12.9. The molecule has 0 bridgehead atoms. The molecule has 0 radical (unpaired) electrons. The predicted octanol–water partition coefficient (Wildman–Crippen LogP) is 3.15. The number of carboxylic acids is 1. The smallest absolute Gasteiger partial charge is 0.335 e. The molecule has 26 heavy (non-hydrogen) atoms. The van der Waals surface area contributed by atoms with Crippen LogP contribution in [-0.4, -0.2) is 29.6 Å². The second-order valence-corrected chi connectivity index (χ2v) is 8.07. The first-order valence-electron chi connectivity index (χ1n) is 7.07. The molecule has 0 amide bonds. The lowest BCUT2D eigenvalue weighted by molar-refractivity contribution is 0.0696.